The molecule has 0 aromatic rings. The van der Waals surface area contributed by atoms with Gasteiger partial charge in [0.2, 0.25) is 0 Å². The summed E-state index contributed by atoms with van der Waals surface area (Å²) in [6, 6.07) is 0. The first-order valence-corrected chi connectivity index (χ1v) is 2.90. The molecule has 0 aliphatic rings. The van der Waals surface area contributed by atoms with Gasteiger partial charge in [-0.05, 0) is 19.1 Å². The van der Waals surface area contributed by atoms with Crippen LogP contribution in [-0.2, 0) is 0 Å². The summed E-state index contributed by atoms with van der Waals surface area (Å²) in [6.07, 6.45) is 6.17. The third-order valence-corrected chi connectivity index (χ3v) is 0.952. The standard InChI is InChI=1S/C6H13N.Li.H/c1-2-3-4-5-6-7;;/h6-7H,2-5H2,1H3;;/q;+1;-1. The van der Waals surface area contributed by atoms with Gasteiger partial charge in [-0.25, -0.2) is 0 Å². The average Bonchev–Trinajstić information content (AvgIpc) is 1.69. The van der Waals surface area contributed by atoms with Crippen molar-refractivity contribution in [3.8, 4) is 0 Å². The number of nitrogens with one attached hydrogen (secondary N) is 1. The van der Waals surface area contributed by atoms with Crippen LogP contribution in [0.3, 0.4) is 0 Å². The van der Waals surface area contributed by atoms with E-state index in [2.05, 4.69) is 6.92 Å². The molecular weight excluding hydrogens is 93.0 g/mol. The molecule has 0 aliphatic heterocycles. The number of hydrogen-bond acceptors (Lipinski definition) is 1. The largest absolute Gasteiger partial charge is 1.00 e. The predicted molar refractivity (Wildman–Crippen MR) is 34.0 cm³/mol. The fraction of sp³-hybridized carbons (Fsp3) is 0.833. The zero-order valence-electron chi connectivity index (χ0n) is 6.91. The Morgan fingerprint density at radius 2 is 2.12 bits per heavy atom. The smallest absolute Gasteiger partial charge is 1.00 e. The molecule has 0 spiro atoms. The van der Waals surface area contributed by atoms with Crippen molar-refractivity contribution < 1.29 is 20.3 Å². The van der Waals surface area contributed by atoms with Crippen molar-refractivity contribution in [2.24, 2.45) is 0 Å². The summed E-state index contributed by atoms with van der Waals surface area (Å²) >= 11 is 0. The van der Waals surface area contributed by atoms with Crippen LogP contribution in [0, 0.1) is 5.41 Å². The minimum Gasteiger partial charge on any atom is -1.00 e. The minimum absolute atomic E-state index is 0. The van der Waals surface area contributed by atoms with Crippen LogP contribution in [0.5, 0.6) is 0 Å². The molecule has 0 bridgehead atoms. The van der Waals surface area contributed by atoms with Gasteiger partial charge in [-0.2, -0.15) is 0 Å². The fourth-order valence-corrected chi connectivity index (χ4v) is 0.496. The van der Waals surface area contributed by atoms with Gasteiger partial charge in [-0.3, -0.25) is 0 Å². The molecule has 0 heterocycles. The maximum atomic E-state index is 6.66. The second-order valence-electron chi connectivity index (χ2n) is 1.70. The van der Waals surface area contributed by atoms with Gasteiger partial charge in [-0.1, -0.05) is 19.8 Å². The van der Waals surface area contributed by atoms with Gasteiger partial charge in [0.05, 0.1) is 0 Å². The summed E-state index contributed by atoms with van der Waals surface area (Å²) in [4.78, 5) is 0. The fourth-order valence-electron chi connectivity index (χ4n) is 0.496. The number of rotatable bonds is 4. The van der Waals surface area contributed by atoms with Crippen molar-refractivity contribution in [1.29, 1.82) is 5.41 Å². The van der Waals surface area contributed by atoms with Gasteiger partial charge in [0.1, 0.15) is 0 Å². The molecule has 0 rings (SSSR count). The van der Waals surface area contributed by atoms with Crippen LogP contribution in [0.4, 0.5) is 0 Å². The van der Waals surface area contributed by atoms with E-state index in [0.717, 1.165) is 6.42 Å². The Hall–Kier alpha value is 0.267. The monoisotopic (exact) mass is 107 g/mol. The van der Waals surface area contributed by atoms with E-state index in [4.69, 9.17) is 5.41 Å². The second-order valence-corrected chi connectivity index (χ2v) is 1.70. The van der Waals surface area contributed by atoms with Crippen molar-refractivity contribution in [1.82, 2.24) is 0 Å². The summed E-state index contributed by atoms with van der Waals surface area (Å²) in [5.41, 5.74) is 0. The molecule has 0 aromatic carbocycles. The summed E-state index contributed by atoms with van der Waals surface area (Å²) < 4.78 is 0. The van der Waals surface area contributed by atoms with Crippen molar-refractivity contribution in [3.05, 3.63) is 0 Å². The molecule has 0 saturated carbocycles. The maximum absolute atomic E-state index is 6.66. The molecule has 44 valence electrons. The van der Waals surface area contributed by atoms with Crippen molar-refractivity contribution in [2.45, 2.75) is 32.6 Å². The first-order chi connectivity index (χ1) is 3.41. The van der Waals surface area contributed by atoms with Crippen LogP contribution in [0.2, 0.25) is 0 Å². The molecule has 1 N–H and O–H groups in total. The van der Waals surface area contributed by atoms with Gasteiger partial charge < -0.3 is 6.84 Å². The van der Waals surface area contributed by atoms with E-state index in [1.807, 2.05) is 0 Å². The molecule has 0 radical (unpaired) electrons. The van der Waals surface area contributed by atoms with Crippen LogP contribution in [-0.4, -0.2) is 6.21 Å². The second kappa shape index (κ2) is 10.3. The van der Waals surface area contributed by atoms with Crippen LogP contribution in [0.25, 0.3) is 0 Å². The van der Waals surface area contributed by atoms with Gasteiger partial charge >= 0.3 is 18.9 Å². The molecule has 1 nitrogen and oxygen atoms in total. The normalized spacial score (nSPS) is 7.62. The Morgan fingerprint density at radius 3 is 2.50 bits per heavy atom. The van der Waals surface area contributed by atoms with E-state index in [9.17, 15) is 0 Å². The maximum Gasteiger partial charge on any atom is 1.00 e. The average molecular weight is 107 g/mol. The molecule has 2 heteroatoms. The quantitative estimate of drug-likeness (QED) is 0.280. The van der Waals surface area contributed by atoms with Crippen LogP contribution in [0.15, 0.2) is 0 Å². The van der Waals surface area contributed by atoms with E-state index >= 15 is 0 Å². The van der Waals surface area contributed by atoms with E-state index in [-0.39, 0.29) is 20.3 Å². The third-order valence-electron chi connectivity index (χ3n) is 0.952. The Morgan fingerprint density at radius 1 is 1.50 bits per heavy atom. The van der Waals surface area contributed by atoms with Crippen molar-refractivity contribution in [2.75, 3.05) is 0 Å². The topological polar surface area (TPSA) is 23.9 Å². The Bertz CT molecular complexity index is 50.3. The van der Waals surface area contributed by atoms with E-state index < -0.39 is 0 Å². The molecule has 0 saturated heterocycles. The molecule has 0 atom stereocenters. The Kier molecular flexibility index (Phi) is 14.3. The predicted octanol–water partition coefficient (Wildman–Crippen LogP) is -0.667. The van der Waals surface area contributed by atoms with Crippen LogP contribution < -0.4 is 18.9 Å². The van der Waals surface area contributed by atoms with E-state index in [1.54, 1.807) is 0 Å². The Balaban J connectivity index is -0.000000180. The van der Waals surface area contributed by atoms with Gasteiger partial charge in [0, 0.05) is 0 Å². The van der Waals surface area contributed by atoms with Crippen LogP contribution >= 0.6 is 0 Å². The van der Waals surface area contributed by atoms with Gasteiger partial charge in [0.25, 0.3) is 0 Å². The van der Waals surface area contributed by atoms with Crippen LogP contribution in [0.1, 0.15) is 34.0 Å². The van der Waals surface area contributed by atoms with E-state index in [1.165, 1.54) is 25.5 Å². The molecule has 0 unspecified atom stereocenters. The zero-order chi connectivity index (χ0) is 5.54. The first-order valence-electron chi connectivity index (χ1n) is 2.90. The number of unbranched alkanes of at least 4 members (excludes halogenated alkanes) is 3. The van der Waals surface area contributed by atoms with E-state index in [0.29, 0.717) is 0 Å². The zero-order valence-corrected chi connectivity index (χ0v) is 5.91. The molecule has 0 aromatic heterocycles. The first kappa shape index (κ1) is 11.1. The molecule has 0 amide bonds. The molecule has 8 heavy (non-hydrogen) atoms. The Labute approximate surface area is 65.0 Å². The summed E-state index contributed by atoms with van der Waals surface area (Å²) in [7, 11) is 0. The van der Waals surface area contributed by atoms with Gasteiger partial charge in [-0.15, -0.1) is 0 Å². The molecule has 0 aliphatic carbocycles. The summed E-state index contributed by atoms with van der Waals surface area (Å²) in [5.74, 6) is 0. The third kappa shape index (κ3) is 9.55. The SMILES string of the molecule is CCCCCC=N.[H-].[Li+]. The molecular formula is C6H14LiN. The minimum atomic E-state index is 0. The summed E-state index contributed by atoms with van der Waals surface area (Å²) in [5, 5.41) is 6.66. The summed E-state index contributed by atoms with van der Waals surface area (Å²) in [6.45, 7) is 2.17. The molecule has 0 fully saturated rings. The van der Waals surface area contributed by atoms with Crippen molar-refractivity contribution in [3.63, 3.8) is 0 Å². The van der Waals surface area contributed by atoms with Gasteiger partial charge in [0.15, 0.2) is 0 Å². The number of hydrogen-bond donors (Lipinski definition) is 1. The van der Waals surface area contributed by atoms with Crippen molar-refractivity contribution >= 4 is 6.21 Å².